The predicted molar refractivity (Wildman–Crippen MR) is 73.5 cm³/mol. The van der Waals surface area contributed by atoms with E-state index in [2.05, 4.69) is 10.3 Å². The lowest BCUT2D eigenvalue weighted by atomic mass is 9.82. The van der Waals surface area contributed by atoms with Crippen LogP contribution in [-0.4, -0.2) is 22.1 Å². The van der Waals surface area contributed by atoms with E-state index in [0.717, 1.165) is 30.8 Å². The molecule has 0 saturated heterocycles. The zero-order chi connectivity index (χ0) is 13.2. The Hall–Kier alpha value is -1.58. The summed E-state index contributed by atoms with van der Waals surface area (Å²) in [6, 6.07) is 3.87. The Morgan fingerprint density at radius 3 is 2.53 bits per heavy atom. The highest BCUT2D eigenvalue weighted by atomic mass is 16.4. The van der Waals surface area contributed by atoms with Crippen molar-refractivity contribution in [3.8, 4) is 0 Å². The predicted octanol–water partition coefficient (Wildman–Crippen LogP) is 3.09. The van der Waals surface area contributed by atoms with Gasteiger partial charge in [0.1, 0.15) is 5.82 Å². The third kappa shape index (κ3) is 2.88. The van der Waals surface area contributed by atoms with Gasteiger partial charge in [-0.15, -0.1) is 0 Å². The first-order valence-corrected chi connectivity index (χ1v) is 7.21. The smallest absolute Gasteiger partial charge is 0.335 e. The molecule has 4 nitrogen and oxygen atoms in total. The van der Waals surface area contributed by atoms with Crippen LogP contribution in [0.5, 0.6) is 0 Å². The monoisotopic (exact) mass is 260 g/mol. The first kappa shape index (κ1) is 12.5. The van der Waals surface area contributed by atoms with Crippen LogP contribution in [0.1, 0.15) is 54.6 Å². The van der Waals surface area contributed by atoms with Gasteiger partial charge in [-0.3, -0.25) is 0 Å². The number of hydrogen-bond donors (Lipinski definition) is 2. The molecular formula is C15H20N2O2. The Morgan fingerprint density at radius 2 is 2.00 bits per heavy atom. The number of nitrogens with zero attached hydrogens (tertiary/aromatic N) is 1. The first-order chi connectivity index (χ1) is 9.20. The Kier molecular flexibility index (Phi) is 3.40. The summed E-state index contributed by atoms with van der Waals surface area (Å²) in [4.78, 5) is 15.8. The van der Waals surface area contributed by atoms with Gasteiger partial charge in [0, 0.05) is 11.7 Å². The fourth-order valence-corrected chi connectivity index (χ4v) is 2.64. The number of hydrogen-bond acceptors (Lipinski definition) is 3. The van der Waals surface area contributed by atoms with Gasteiger partial charge in [0.05, 0.1) is 5.56 Å². The van der Waals surface area contributed by atoms with Gasteiger partial charge in [0.2, 0.25) is 0 Å². The van der Waals surface area contributed by atoms with Gasteiger partial charge in [-0.05, 0) is 43.7 Å². The van der Waals surface area contributed by atoms with Crippen molar-refractivity contribution in [2.24, 2.45) is 5.92 Å². The highest BCUT2D eigenvalue weighted by Crippen LogP contribution is 2.30. The molecule has 0 aromatic carbocycles. The van der Waals surface area contributed by atoms with Crippen LogP contribution >= 0.6 is 0 Å². The quantitative estimate of drug-likeness (QED) is 0.854. The van der Waals surface area contributed by atoms with Crippen molar-refractivity contribution in [3.63, 3.8) is 0 Å². The van der Waals surface area contributed by atoms with E-state index in [1.807, 2.05) is 0 Å². The minimum atomic E-state index is -0.867. The van der Waals surface area contributed by atoms with Crippen LogP contribution in [-0.2, 0) is 6.42 Å². The Morgan fingerprint density at radius 1 is 1.26 bits per heavy atom. The molecule has 1 aromatic heterocycles. The second kappa shape index (κ2) is 5.19. The van der Waals surface area contributed by atoms with Gasteiger partial charge in [-0.25, -0.2) is 9.78 Å². The average Bonchev–Trinajstić information content (AvgIpc) is 2.28. The largest absolute Gasteiger partial charge is 0.478 e. The lowest BCUT2D eigenvalue weighted by molar-refractivity contribution is 0.0696. The van der Waals surface area contributed by atoms with Gasteiger partial charge >= 0.3 is 5.97 Å². The molecule has 1 aromatic rings. The molecule has 0 unspecified atom stereocenters. The summed E-state index contributed by atoms with van der Waals surface area (Å²) in [7, 11) is 0. The number of anilines is 1. The van der Waals surface area contributed by atoms with Gasteiger partial charge in [-0.1, -0.05) is 19.3 Å². The van der Waals surface area contributed by atoms with Crippen molar-refractivity contribution >= 4 is 11.8 Å². The van der Waals surface area contributed by atoms with Crippen LogP contribution in [0, 0.1) is 5.92 Å². The first-order valence-electron chi connectivity index (χ1n) is 7.21. The van der Waals surface area contributed by atoms with Crippen LogP contribution in [0.25, 0.3) is 0 Å². The Bertz CT molecular complexity index is 445. The molecule has 0 atom stereocenters. The average molecular weight is 260 g/mol. The van der Waals surface area contributed by atoms with Crippen molar-refractivity contribution in [1.82, 2.24) is 4.98 Å². The molecule has 2 N–H and O–H groups in total. The zero-order valence-electron chi connectivity index (χ0n) is 11.1. The second-order valence-corrected chi connectivity index (χ2v) is 5.81. The molecule has 3 rings (SSSR count). The third-order valence-electron chi connectivity index (χ3n) is 4.31. The maximum absolute atomic E-state index is 11.2. The van der Waals surface area contributed by atoms with E-state index in [4.69, 9.17) is 0 Å². The van der Waals surface area contributed by atoms with Gasteiger partial charge in [0.25, 0.3) is 0 Å². The highest BCUT2D eigenvalue weighted by Gasteiger charge is 2.21. The van der Waals surface area contributed by atoms with Gasteiger partial charge in [-0.2, -0.15) is 0 Å². The van der Waals surface area contributed by atoms with Crippen LogP contribution in [0.4, 0.5) is 5.82 Å². The Labute approximate surface area is 113 Å². The van der Waals surface area contributed by atoms with Crippen molar-refractivity contribution in [1.29, 1.82) is 0 Å². The molecule has 0 aliphatic heterocycles. The fourth-order valence-electron chi connectivity index (χ4n) is 2.64. The molecule has 19 heavy (non-hydrogen) atoms. The summed E-state index contributed by atoms with van der Waals surface area (Å²) in [5.74, 6) is 0.570. The van der Waals surface area contributed by atoms with E-state index in [1.165, 1.54) is 25.7 Å². The third-order valence-corrected chi connectivity index (χ3v) is 4.31. The van der Waals surface area contributed by atoms with Gasteiger partial charge in [0.15, 0.2) is 0 Å². The molecule has 102 valence electrons. The SMILES string of the molecule is O=C(O)c1cc(CC2CCC2)nc(NC2CCC2)c1. The lowest BCUT2D eigenvalue weighted by Crippen LogP contribution is -2.28. The lowest BCUT2D eigenvalue weighted by Gasteiger charge is -2.28. The van der Waals surface area contributed by atoms with Crippen molar-refractivity contribution in [2.75, 3.05) is 5.32 Å². The molecule has 2 saturated carbocycles. The molecule has 0 bridgehead atoms. The number of nitrogens with one attached hydrogen (secondary N) is 1. The fraction of sp³-hybridized carbons (Fsp3) is 0.600. The van der Waals surface area contributed by atoms with Crippen molar-refractivity contribution < 1.29 is 9.90 Å². The van der Waals surface area contributed by atoms with E-state index >= 15 is 0 Å². The standard InChI is InChI=1S/C15H20N2O2/c18-15(19)11-8-13(7-10-3-1-4-10)17-14(9-11)16-12-5-2-6-12/h8-10,12H,1-7H2,(H,16,17)(H,18,19). The van der Waals surface area contributed by atoms with E-state index in [1.54, 1.807) is 12.1 Å². The normalized spacial score (nSPS) is 19.6. The number of rotatable bonds is 5. The van der Waals surface area contributed by atoms with Crippen molar-refractivity contribution in [2.45, 2.75) is 51.0 Å². The summed E-state index contributed by atoms with van der Waals surface area (Å²) in [6.45, 7) is 0. The van der Waals surface area contributed by atoms with Crippen LogP contribution < -0.4 is 5.32 Å². The summed E-state index contributed by atoms with van der Waals surface area (Å²) in [6.07, 6.45) is 8.31. The minimum Gasteiger partial charge on any atom is -0.478 e. The molecule has 2 aliphatic rings. The Balaban J connectivity index is 1.78. The number of pyridine rings is 1. The molecule has 2 aliphatic carbocycles. The summed E-state index contributed by atoms with van der Waals surface area (Å²) >= 11 is 0. The number of carboxylic acids is 1. The summed E-state index contributed by atoms with van der Waals surface area (Å²) < 4.78 is 0. The number of aromatic carboxylic acids is 1. The van der Waals surface area contributed by atoms with E-state index in [9.17, 15) is 9.90 Å². The van der Waals surface area contributed by atoms with Gasteiger partial charge < -0.3 is 10.4 Å². The molecule has 1 heterocycles. The highest BCUT2D eigenvalue weighted by molar-refractivity contribution is 5.88. The molecule has 0 radical (unpaired) electrons. The maximum Gasteiger partial charge on any atom is 0.335 e. The van der Waals surface area contributed by atoms with Crippen LogP contribution in [0.3, 0.4) is 0 Å². The second-order valence-electron chi connectivity index (χ2n) is 5.81. The van der Waals surface area contributed by atoms with Crippen LogP contribution in [0.2, 0.25) is 0 Å². The molecule has 2 fully saturated rings. The van der Waals surface area contributed by atoms with Crippen molar-refractivity contribution in [3.05, 3.63) is 23.4 Å². The maximum atomic E-state index is 11.2. The van der Waals surface area contributed by atoms with Crippen LogP contribution in [0.15, 0.2) is 12.1 Å². The molecule has 4 heteroatoms. The van der Waals surface area contributed by atoms with E-state index < -0.39 is 5.97 Å². The zero-order valence-corrected chi connectivity index (χ0v) is 11.1. The summed E-state index contributed by atoms with van der Waals surface area (Å²) in [5, 5.41) is 12.5. The van der Waals surface area contributed by atoms with E-state index in [-0.39, 0.29) is 0 Å². The molecule has 0 spiro atoms. The molecular weight excluding hydrogens is 240 g/mol. The van der Waals surface area contributed by atoms with E-state index in [0.29, 0.717) is 17.5 Å². The minimum absolute atomic E-state index is 0.353. The number of aromatic nitrogens is 1. The summed E-state index contributed by atoms with van der Waals surface area (Å²) in [5.41, 5.74) is 1.28. The number of carboxylic acid groups (broad SMARTS) is 1. The number of carbonyl (C=O) groups is 1. The topological polar surface area (TPSA) is 62.2 Å². The molecule has 0 amide bonds.